The van der Waals surface area contributed by atoms with Crippen molar-refractivity contribution in [3.05, 3.63) is 0 Å². The molecule has 0 heterocycles. The Hall–Kier alpha value is -0.0800. The number of methoxy groups -OCH3 is 1. The molecule has 0 saturated heterocycles. The highest BCUT2D eigenvalue weighted by Crippen LogP contribution is 2.34. The minimum atomic E-state index is 0.189. The summed E-state index contributed by atoms with van der Waals surface area (Å²) in [6, 6.07) is 0. The molecule has 2 nitrogen and oxygen atoms in total. The van der Waals surface area contributed by atoms with Crippen LogP contribution in [-0.4, -0.2) is 25.8 Å². The minimum absolute atomic E-state index is 0.189. The van der Waals surface area contributed by atoms with Crippen LogP contribution in [0, 0.1) is 5.92 Å². The van der Waals surface area contributed by atoms with E-state index >= 15 is 0 Å². The van der Waals surface area contributed by atoms with Gasteiger partial charge in [-0.25, -0.2) is 0 Å². The van der Waals surface area contributed by atoms with Gasteiger partial charge >= 0.3 is 0 Å². The maximum atomic E-state index is 5.49. The van der Waals surface area contributed by atoms with E-state index < -0.39 is 0 Å². The van der Waals surface area contributed by atoms with Crippen molar-refractivity contribution in [3.8, 4) is 0 Å². The van der Waals surface area contributed by atoms with Crippen molar-refractivity contribution in [2.75, 3.05) is 20.2 Å². The van der Waals surface area contributed by atoms with Gasteiger partial charge in [0.2, 0.25) is 0 Å². The van der Waals surface area contributed by atoms with Crippen LogP contribution in [0.25, 0.3) is 0 Å². The molecule has 1 N–H and O–H groups in total. The van der Waals surface area contributed by atoms with E-state index in [2.05, 4.69) is 19.2 Å². The van der Waals surface area contributed by atoms with E-state index in [0.29, 0.717) is 0 Å². The van der Waals surface area contributed by atoms with Crippen LogP contribution >= 0.6 is 0 Å². The highest BCUT2D eigenvalue weighted by molar-refractivity contribution is 4.91. The van der Waals surface area contributed by atoms with Crippen LogP contribution in [0.1, 0.15) is 33.1 Å². The summed E-state index contributed by atoms with van der Waals surface area (Å²) in [5.74, 6) is 0.735. The molecule has 0 aromatic rings. The van der Waals surface area contributed by atoms with Gasteiger partial charge in [0.25, 0.3) is 0 Å². The average Bonchev–Trinajstić information content (AvgIpc) is 1.94. The molecule has 0 aromatic heterocycles. The summed E-state index contributed by atoms with van der Waals surface area (Å²) in [6.45, 7) is 6.59. The first-order chi connectivity index (χ1) is 5.68. The molecule has 0 aromatic carbocycles. The Morgan fingerprint density at radius 2 is 2.08 bits per heavy atom. The standard InChI is InChI=1S/C10H21NO/c1-9(2)7-11-8-10(12-3)5-4-6-10/h9,11H,4-8H2,1-3H3. The Balaban J connectivity index is 2.12. The lowest BCUT2D eigenvalue weighted by Crippen LogP contribution is -2.48. The zero-order valence-corrected chi connectivity index (χ0v) is 8.52. The Bertz CT molecular complexity index is 124. The molecule has 0 amide bonds. The van der Waals surface area contributed by atoms with E-state index in [1.165, 1.54) is 19.3 Å². The second-order valence-electron chi connectivity index (χ2n) is 4.27. The SMILES string of the molecule is COC1(CNCC(C)C)CCC1. The Morgan fingerprint density at radius 1 is 1.42 bits per heavy atom. The fraction of sp³-hybridized carbons (Fsp3) is 1.00. The number of hydrogen-bond acceptors (Lipinski definition) is 2. The second-order valence-corrected chi connectivity index (χ2v) is 4.27. The lowest BCUT2D eigenvalue weighted by Gasteiger charge is -2.40. The zero-order chi connectivity index (χ0) is 9.03. The summed E-state index contributed by atoms with van der Waals surface area (Å²) in [6.07, 6.45) is 3.79. The van der Waals surface area contributed by atoms with Crippen LogP contribution in [0.3, 0.4) is 0 Å². The smallest absolute Gasteiger partial charge is 0.0802 e. The number of ether oxygens (including phenoxy) is 1. The zero-order valence-electron chi connectivity index (χ0n) is 8.52. The van der Waals surface area contributed by atoms with Gasteiger partial charge < -0.3 is 10.1 Å². The maximum absolute atomic E-state index is 5.49. The molecular formula is C10H21NO. The van der Waals surface area contributed by atoms with E-state index in [4.69, 9.17) is 4.74 Å². The van der Waals surface area contributed by atoms with Crippen molar-refractivity contribution in [2.45, 2.75) is 38.7 Å². The van der Waals surface area contributed by atoms with E-state index in [9.17, 15) is 0 Å². The summed E-state index contributed by atoms with van der Waals surface area (Å²) in [7, 11) is 1.83. The summed E-state index contributed by atoms with van der Waals surface area (Å²) >= 11 is 0. The highest BCUT2D eigenvalue weighted by Gasteiger charge is 2.36. The third-order valence-corrected chi connectivity index (χ3v) is 2.70. The van der Waals surface area contributed by atoms with Gasteiger partial charge in [0.1, 0.15) is 0 Å². The monoisotopic (exact) mass is 171 g/mol. The number of hydrogen-bond donors (Lipinski definition) is 1. The molecule has 12 heavy (non-hydrogen) atoms. The molecule has 2 heteroatoms. The largest absolute Gasteiger partial charge is 0.377 e. The molecule has 0 spiro atoms. The first-order valence-electron chi connectivity index (χ1n) is 4.94. The molecular weight excluding hydrogens is 150 g/mol. The predicted molar refractivity (Wildman–Crippen MR) is 51.3 cm³/mol. The molecule has 1 saturated carbocycles. The third-order valence-electron chi connectivity index (χ3n) is 2.70. The number of rotatable bonds is 5. The summed E-state index contributed by atoms with van der Waals surface area (Å²) in [5.41, 5.74) is 0.189. The second kappa shape index (κ2) is 4.24. The quantitative estimate of drug-likeness (QED) is 0.681. The molecule has 0 radical (unpaired) electrons. The molecule has 1 aliphatic rings. The first-order valence-corrected chi connectivity index (χ1v) is 4.94. The molecule has 0 aliphatic heterocycles. The summed E-state index contributed by atoms with van der Waals surface area (Å²) in [4.78, 5) is 0. The Kier molecular flexibility index (Phi) is 3.53. The van der Waals surface area contributed by atoms with E-state index in [-0.39, 0.29) is 5.60 Å². The van der Waals surface area contributed by atoms with E-state index in [0.717, 1.165) is 19.0 Å². The molecule has 0 unspecified atom stereocenters. The maximum Gasteiger partial charge on any atom is 0.0802 e. The van der Waals surface area contributed by atoms with Crippen LogP contribution < -0.4 is 5.32 Å². The fourth-order valence-corrected chi connectivity index (χ4v) is 1.61. The van der Waals surface area contributed by atoms with Gasteiger partial charge in [-0.2, -0.15) is 0 Å². The summed E-state index contributed by atoms with van der Waals surface area (Å²) < 4.78 is 5.49. The van der Waals surface area contributed by atoms with Gasteiger partial charge in [0, 0.05) is 13.7 Å². The van der Waals surface area contributed by atoms with Crippen LogP contribution in [-0.2, 0) is 4.74 Å². The van der Waals surface area contributed by atoms with Crippen LogP contribution in [0.4, 0.5) is 0 Å². The van der Waals surface area contributed by atoms with Gasteiger partial charge in [-0.05, 0) is 31.7 Å². The predicted octanol–water partition coefficient (Wildman–Crippen LogP) is 1.80. The highest BCUT2D eigenvalue weighted by atomic mass is 16.5. The van der Waals surface area contributed by atoms with E-state index in [1.807, 2.05) is 7.11 Å². The Morgan fingerprint density at radius 3 is 2.42 bits per heavy atom. The van der Waals surface area contributed by atoms with Crippen molar-refractivity contribution in [2.24, 2.45) is 5.92 Å². The van der Waals surface area contributed by atoms with Crippen LogP contribution in [0.15, 0.2) is 0 Å². The van der Waals surface area contributed by atoms with Gasteiger partial charge in [-0.15, -0.1) is 0 Å². The van der Waals surface area contributed by atoms with Crippen molar-refractivity contribution in [3.63, 3.8) is 0 Å². The van der Waals surface area contributed by atoms with Gasteiger partial charge in [-0.3, -0.25) is 0 Å². The van der Waals surface area contributed by atoms with Gasteiger partial charge in [-0.1, -0.05) is 13.8 Å². The third kappa shape index (κ3) is 2.46. The fourth-order valence-electron chi connectivity index (χ4n) is 1.61. The summed E-state index contributed by atoms with van der Waals surface area (Å²) in [5, 5.41) is 3.45. The van der Waals surface area contributed by atoms with Crippen LogP contribution in [0.2, 0.25) is 0 Å². The first kappa shape index (κ1) is 10.0. The lowest BCUT2D eigenvalue weighted by atomic mass is 9.80. The van der Waals surface area contributed by atoms with Gasteiger partial charge in [0.05, 0.1) is 5.60 Å². The minimum Gasteiger partial charge on any atom is -0.377 e. The van der Waals surface area contributed by atoms with Crippen molar-refractivity contribution < 1.29 is 4.74 Å². The molecule has 1 fully saturated rings. The molecule has 1 rings (SSSR count). The van der Waals surface area contributed by atoms with E-state index in [1.54, 1.807) is 0 Å². The van der Waals surface area contributed by atoms with Crippen molar-refractivity contribution in [1.82, 2.24) is 5.32 Å². The Labute approximate surface area is 75.7 Å². The molecule has 0 bridgehead atoms. The molecule has 1 aliphatic carbocycles. The van der Waals surface area contributed by atoms with Crippen molar-refractivity contribution >= 4 is 0 Å². The van der Waals surface area contributed by atoms with Crippen LogP contribution in [0.5, 0.6) is 0 Å². The topological polar surface area (TPSA) is 21.3 Å². The molecule has 0 atom stereocenters. The number of nitrogens with one attached hydrogen (secondary N) is 1. The van der Waals surface area contributed by atoms with Gasteiger partial charge in [0.15, 0.2) is 0 Å². The average molecular weight is 171 g/mol. The molecule has 72 valence electrons. The van der Waals surface area contributed by atoms with Crippen molar-refractivity contribution in [1.29, 1.82) is 0 Å². The lowest BCUT2D eigenvalue weighted by molar-refractivity contribution is -0.0695. The normalized spacial score (nSPS) is 21.0.